The Morgan fingerprint density at radius 1 is 1.12 bits per heavy atom. The predicted octanol–water partition coefficient (Wildman–Crippen LogP) is 2.32. The smallest absolute Gasteiger partial charge is 0.319 e. The minimum atomic E-state index is -0.199. The molecule has 4 nitrogen and oxygen atoms in total. The standard InChI is InChI=1S/C13H16N2O2/c16-12-8-6-11(7-9-12)15-13(17)14-10-4-2-1-3-5-10/h1-5,11H,6-9H2,(H2,14,15,17). The number of benzene rings is 1. The van der Waals surface area contributed by atoms with Gasteiger partial charge in [0.25, 0.3) is 0 Å². The summed E-state index contributed by atoms with van der Waals surface area (Å²) in [5.41, 5.74) is 0.775. The highest BCUT2D eigenvalue weighted by atomic mass is 16.2. The molecule has 0 radical (unpaired) electrons. The van der Waals surface area contributed by atoms with Crippen LogP contribution in [0, 0.1) is 0 Å². The molecule has 1 fully saturated rings. The molecule has 17 heavy (non-hydrogen) atoms. The molecule has 0 aliphatic heterocycles. The Morgan fingerprint density at radius 3 is 2.41 bits per heavy atom. The molecule has 0 saturated heterocycles. The van der Waals surface area contributed by atoms with Crippen molar-refractivity contribution >= 4 is 17.5 Å². The Balaban J connectivity index is 1.80. The van der Waals surface area contributed by atoms with E-state index in [0.29, 0.717) is 18.6 Å². The average Bonchev–Trinajstić information content (AvgIpc) is 2.33. The Labute approximate surface area is 100 Å². The highest BCUT2D eigenvalue weighted by Crippen LogP contribution is 2.15. The fourth-order valence-electron chi connectivity index (χ4n) is 1.96. The molecule has 0 atom stereocenters. The van der Waals surface area contributed by atoms with E-state index in [9.17, 15) is 9.59 Å². The Hall–Kier alpha value is -1.84. The third-order valence-corrected chi connectivity index (χ3v) is 2.91. The molecule has 2 N–H and O–H groups in total. The van der Waals surface area contributed by atoms with Gasteiger partial charge in [-0.15, -0.1) is 0 Å². The van der Waals surface area contributed by atoms with E-state index in [2.05, 4.69) is 10.6 Å². The number of nitrogens with one attached hydrogen (secondary N) is 2. The van der Waals surface area contributed by atoms with Crippen molar-refractivity contribution in [1.82, 2.24) is 5.32 Å². The molecule has 1 aliphatic rings. The van der Waals surface area contributed by atoms with Gasteiger partial charge in [0.05, 0.1) is 0 Å². The second-order valence-electron chi connectivity index (χ2n) is 4.28. The summed E-state index contributed by atoms with van der Waals surface area (Å²) in [5, 5.41) is 5.65. The van der Waals surface area contributed by atoms with Gasteiger partial charge < -0.3 is 10.6 Å². The van der Waals surface area contributed by atoms with Gasteiger partial charge in [0, 0.05) is 24.6 Å². The Kier molecular flexibility index (Phi) is 3.75. The van der Waals surface area contributed by atoms with Crippen LogP contribution in [0.25, 0.3) is 0 Å². The SMILES string of the molecule is O=C1CCC(NC(=O)Nc2ccccc2)CC1. The average molecular weight is 232 g/mol. The van der Waals surface area contributed by atoms with Gasteiger partial charge in [0.1, 0.15) is 5.78 Å². The summed E-state index contributed by atoms with van der Waals surface area (Å²) >= 11 is 0. The topological polar surface area (TPSA) is 58.2 Å². The van der Waals surface area contributed by atoms with Crippen molar-refractivity contribution in [3.63, 3.8) is 0 Å². The quantitative estimate of drug-likeness (QED) is 0.822. The zero-order chi connectivity index (χ0) is 12.1. The number of hydrogen-bond donors (Lipinski definition) is 2. The van der Waals surface area contributed by atoms with E-state index in [-0.39, 0.29) is 12.1 Å². The van der Waals surface area contributed by atoms with Crippen molar-refractivity contribution in [3.05, 3.63) is 30.3 Å². The van der Waals surface area contributed by atoms with Gasteiger partial charge >= 0.3 is 6.03 Å². The number of ketones is 1. The number of anilines is 1. The van der Waals surface area contributed by atoms with Gasteiger partial charge in [-0.3, -0.25) is 4.79 Å². The van der Waals surface area contributed by atoms with Crippen LogP contribution in [0.2, 0.25) is 0 Å². The van der Waals surface area contributed by atoms with Crippen LogP contribution in [0.15, 0.2) is 30.3 Å². The summed E-state index contributed by atoms with van der Waals surface area (Å²) in [4.78, 5) is 22.7. The lowest BCUT2D eigenvalue weighted by Crippen LogP contribution is -2.40. The van der Waals surface area contributed by atoms with E-state index in [0.717, 1.165) is 18.5 Å². The van der Waals surface area contributed by atoms with E-state index in [4.69, 9.17) is 0 Å². The van der Waals surface area contributed by atoms with E-state index in [1.807, 2.05) is 30.3 Å². The van der Waals surface area contributed by atoms with Crippen LogP contribution in [-0.4, -0.2) is 17.9 Å². The molecule has 0 spiro atoms. The number of amides is 2. The summed E-state index contributed by atoms with van der Waals surface area (Å²) in [6.45, 7) is 0. The molecular formula is C13H16N2O2. The molecule has 0 aromatic heterocycles. The predicted molar refractivity (Wildman–Crippen MR) is 65.9 cm³/mol. The summed E-state index contributed by atoms with van der Waals surface area (Å²) in [7, 11) is 0. The first kappa shape index (κ1) is 11.6. The van der Waals surface area contributed by atoms with E-state index in [1.165, 1.54) is 0 Å². The van der Waals surface area contributed by atoms with Crippen LogP contribution in [0.5, 0.6) is 0 Å². The summed E-state index contributed by atoms with van der Waals surface area (Å²) in [6, 6.07) is 9.24. The number of Topliss-reactive ketones (excluding diaryl/α,β-unsaturated/α-hetero) is 1. The molecule has 0 bridgehead atoms. The van der Waals surface area contributed by atoms with E-state index < -0.39 is 0 Å². The minimum absolute atomic E-state index is 0.122. The number of urea groups is 1. The highest BCUT2D eigenvalue weighted by Gasteiger charge is 2.19. The summed E-state index contributed by atoms with van der Waals surface area (Å²) < 4.78 is 0. The number of hydrogen-bond acceptors (Lipinski definition) is 2. The molecule has 1 saturated carbocycles. The zero-order valence-electron chi connectivity index (χ0n) is 9.61. The molecule has 2 rings (SSSR count). The maximum Gasteiger partial charge on any atom is 0.319 e. The fraction of sp³-hybridized carbons (Fsp3) is 0.385. The van der Waals surface area contributed by atoms with Crippen molar-refractivity contribution in [3.8, 4) is 0 Å². The Morgan fingerprint density at radius 2 is 1.76 bits per heavy atom. The first-order valence-electron chi connectivity index (χ1n) is 5.88. The monoisotopic (exact) mass is 232 g/mol. The molecule has 0 unspecified atom stereocenters. The summed E-state index contributed by atoms with van der Waals surface area (Å²) in [5.74, 6) is 0.298. The zero-order valence-corrected chi connectivity index (χ0v) is 9.61. The van der Waals surface area contributed by atoms with Crippen molar-refractivity contribution in [2.75, 3.05) is 5.32 Å². The lowest BCUT2D eigenvalue weighted by Gasteiger charge is -2.22. The molecular weight excluding hydrogens is 216 g/mol. The van der Waals surface area contributed by atoms with E-state index >= 15 is 0 Å². The third-order valence-electron chi connectivity index (χ3n) is 2.91. The lowest BCUT2D eigenvalue weighted by molar-refractivity contribution is -0.120. The first-order valence-corrected chi connectivity index (χ1v) is 5.88. The molecule has 1 aromatic carbocycles. The highest BCUT2D eigenvalue weighted by molar-refractivity contribution is 5.89. The Bertz CT molecular complexity index is 393. The van der Waals surface area contributed by atoms with Gasteiger partial charge in [0.2, 0.25) is 0 Å². The van der Waals surface area contributed by atoms with Gasteiger partial charge in [-0.05, 0) is 25.0 Å². The first-order chi connectivity index (χ1) is 8.24. The number of carbonyl (C=O) groups excluding carboxylic acids is 2. The second kappa shape index (κ2) is 5.48. The normalized spacial score (nSPS) is 16.6. The van der Waals surface area contributed by atoms with Crippen molar-refractivity contribution in [1.29, 1.82) is 0 Å². The van der Waals surface area contributed by atoms with Gasteiger partial charge in [-0.2, -0.15) is 0 Å². The molecule has 1 aliphatic carbocycles. The van der Waals surface area contributed by atoms with Crippen LogP contribution in [0.3, 0.4) is 0 Å². The number of para-hydroxylation sites is 1. The molecule has 90 valence electrons. The molecule has 0 heterocycles. The van der Waals surface area contributed by atoms with Crippen LogP contribution < -0.4 is 10.6 Å². The second-order valence-corrected chi connectivity index (χ2v) is 4.28. The molecule has 1 aromatic rings. The van der Waals surface area contributed by atoms with Crippen LogP contribution in [-0.2, 0) is 4.79 Å². The van der Waals surface area contributed by atoms with Gasteiger partial charge in [-0.25, -0.2) is 4.79 Å². The van der Waals surface area contributed by atoms with E-state index in [1.54, 1.807) is 0 Å². The number of rotatable bonds is 2. The third kappa shape index (κ3) is 3.59. The summed E-state index contributed by atoms with van der Waals surface area (Å²) in [6.07, 6.45) is 2.66. The maximum atomic E-state index is 11.7. The van der Waals surface area contributed by atoms with Gasteiger partial charge in [-0.1, -0.05) is 18.2 Å². The van der Waals surface area contributed by atoms with Crippen LogP contribution in [0.1, 0.15) is 25.7 Å². The van der Waals surface area contributed by atoms with Gasteiger partial charge in [0.15, 0.2) is 0 Å². The lowest BCUT2D eigenvalue weighted by atomic mass is 9.94. The maximum absolute atomic E-state index is 11.7. The molecule has 2 amide bonds. The van der Waals surface area contributed by atoms with Crippen molar-refractivity contribution in [2.45, 2.75) is 31.7 Å². The fourth-order valence-corrected chi connectivity index (χ4v) is 1.96. The minimum Gasteiger partial charge on any atom is -0.335 e. The van der Waals surface area contributed by atoms with Crippen LogP contribution >= 0.6 is 0 Å². The number of carbonyl (C=O) groups is 2. The largest absolute Gasteiger partial charge is 0.335 e. The van der Waals surface area contributed by atoms with Crippen molar-refractivity contribution in [2.24, 2.45) is 0 Å². The van der Waals surface area contributed by atoms with Crippen molar-refractivity contribution < 1.29 is 9.59 Å². The van der Waals surface area contributed by atoms with Crippen LogP contribution in [0.4, 0.5) is 10.5 Å². The molecule has 4 heteroatoms.